The predicted molar refractivity (Wildman–Crippen MR) is 87.7 cm³/mol. The van der Waals surface area contributed by atoms with Crippen LogP contribution in [0.25, 0.3) is 0 Å². The van der Waals surface area contributed by atoms with Crippen molar-refractivity contribution >= 4 is 0 Å². The minimum atomic E-state index is 0.269. The number of hydrogen-bond donors (Lipinski definition) is 0. The van der Waals surface area contributed by atoms with Crippen LogP contribution in [0.5, 0.6) is 0 Å². The predicted octanol–water partition coefficient (Wildman–Crippen LogP) is 5.89. The lowest BCUT2D eigenvalue weighted by molar-refractivity contribution is 0.516. The summed E-state index contributed by atoms with van der Waals surface area (Å²) >= 11 is 0. The van der Waals surface area contributed by atoms with Crippen LogP contribution in [0.4, 0.5) is 0 Å². The second-order valence-electron chi connectivity index (χ2n) is 9.14. The van der Waals surface area contributed by atoms with Gasteiger partial charge in [0.15, 0.2) is 0 Å². The lowest BCUT2D eigenvalue weighted by Crippen LogP contribution is -2.21. The molecule has 1 aromatic carbocycles. The molecule has 2 aliphatic rings. The highest BCUT2D eigenvalue weighted by atomic mass is 14.5. The summed E-state index contributed by atoms with van der Waals surface area (Å²) in [5, 5.41) is 0. The quantitative estimate of drug-likeness (QED) is 0.551. The van der Waals surface area contributed by atoms with E-state index in [1.165, 1.54) is 12.8 Å². The third-order valence-corrected chi connectivity index (χ3v) is 5.70. The van der Waals surface area contributed by atoms with Crippen molar-refractivity contribution in [3.8, 4) is 0 Å². The van der Waals surface area contributed by atoms with E-state index >= 15 is 0 Å². The fraction of sp³-hybridized carbons (Fsp3) is 0.700. The van der Waals surface area contributed by atoms with Gasteiger partial charge in [-0.2, -0.15) is 0 Å². The zero-order valence-electron chi connectivity index (χ0n) is 14.3. The smallest absolute Gasteiger partial charge is 0.0124 e. The topological polar surface area (TPSA) is 0 Å². The summed E-state index contributed by atoms with van der Waals surface area (Å²) in [5.41, 5.74) is 7.25. The maximum Gasteiger partial charge on any atom is -0.0124 e. The number of hydrogen-bond acceptors (Lipinski definition) is 0. The van der Waals surface area contributed by atoms with Crippen LogP contribution in [-0.4, -0.2) is 0 Å². The van der Waals surface area contributed by atoms with Crippen molar-refractivity contribution in [3.05, 3.63) is 34.4 Å². The van der Waals surface area contributed by atoms with Gasteiger partial charge >= 0.3 is 0 Å². The normalized spacial score (nSPS) is 28.9. The molecule has 3 rings (SSSR count). The Morgan fingerprint density at radius 2 is 1.10 bits per heavy atom. The summed E-state index contributed by atoms with van der Waals surface area (Å²) in [6, 6.07) is 4.87. The third kappa shape index (κ3) is 1.87. The molecule has 2 aliphatic carbocycles. The first-order valence-electron chi connectivity index (χ1n) is 8.30. The van der Waals surface area contributed by atoms with Crippen molar-refractivity contribution in [2.45, 2.75) is 84.0 Å². The van der Waals surface area contributed by atoms with Gasteiger partial charge in [0.05, 0.1) is 0 Å². The van der Waals surface area contributed by atoms with Gasteiger partial charge in [-0.05, 0) is 63.7 Å². The molecule has 1 saturated carbocycles. The van der Waals surface area contributed by atoms with Crippen molar-refractivity contribution in [2.75, 3.05) is 0 Å². The van der Waals surface area contributed by atoms with Gasteiger partial charge in [0.25, 0.3) is 0 Å². The molecule has 0 nitrogen and oxygen atoms in total. The van der Waals surface area contributed by atoms with E-state index in [0.29, 0.717) is 0 Å². The fourth-order valence-corrected chi connectivity index (χ4v) is 4.72. The van der Waals surface area contributed by atoms with E-state index in [4.69, 9.17) is 0 Å². The summed E-state index contributed by atoms with van der Waals surface area (Å²) in [7, 11) is 0. The minimum Gasteiger partial charge on any atom is -0.0613 e. The molecule has 2 atom stereocenters. The highest BCUT2D eigenvalue weighted by Crippen LogP contribution is 2.60. The Kier molecular flexibility index (Phi) is 2.92. The van der Waals surface area contributed by atoms with Gasteiger partial charge in [-0.3, -0.25) is 0 Å². The molecule has 0 aromatic heterocycles. The summed E-state index contributed by atoms with van der Waals surface area (Å²) in [4.78, 5) is 0. The Balaban J connectivity index is 2.29. The van der Waals surface area contributed by atoms with Crippen molar-refractivity contribution < 1.29 is 0 Å². The van der Waals surface area contributed by atoms with Crippen LogP contribution >= 0.6 is 0 Å². The van der Waals surface area contributed by atoms with Crippen LogP contribution < -0.4 is 0 Å². The van der Waals surface area contributed by atoms with Crippen LogP contribution in [0, 0.1) is 5.92 Å². The Bertz CT molecular complexity index is 487. The molecule has 20 heavy (non-hydrogen) atoms. The maximum atomic E-state index is 2.49. The van der Waals surface area contributed by atoms with Crippen molar-refractivity contribution in [3.63, 3.8) is 0 Å². The summed E-state index contributed by atoms with van der Waals surface area (Å²) in [5.74, 6) is 2.51. The minimum absolute atomic E-state index is 0.269. The summed E-state index contributed by atoms with van der Waals surface area (Å²) in [6.45, 7) is 16.7. The molecule has 0 heterocycles. The van der Waals surface area contributed by atoms with Crippen molar-refractivity contribution in [1.29, 1.82) is 0 Å². The molecule has 0 radical (unpaired) electrons. The molecule has 110 valence electrons. The van der Waals surface area contributed by atoms with E-state index in [1.807, 2.05) is 0 Å². The van der Waals surface area contributed by atoms with Gasteiger partial charge in [-0.15, -0.1) is 0 Å². The first-order chi connectivity index (χ1) is 9.12. The van der Waals surface area contributed by atoms with Crippen LogP contribution in [-0.2, 0) is 10.8 Å². The van der Waals surface area contributed by atoms with E-state index in [0.717, 1.165) is 17.8 Å². The van der Waals surface area contributed by atoms with Crippen molar-refractivity contribution in [1.82, 2.24) is 0 Å². The highest BCUT2D eigenvalue weighted by molar-refractivity contribution is 5.55. The largest absolute Gasteiger partial charge is 0.0613 e. The van der Waals surface area contributed by atoms with Gasteiger partial charge in [0, 0.05) is 0 Å². The van der Waals surface area contributed by atoms with Gasteiger partial charge in [-0.25, -0.2) is 0 Å². The van der Waals surface area contributed by atoms with Crippen LogP contribution in [0.1, 0.15) is 95.4 Å². The van der Waals surface area contributed by atoms with E-state index < -0.39 is 0 Å². The second kappa shape index (κ2) is 4.12. The molecule has 1 aromatic rings. The zero-order chi connectivity index (χ0) is 14.9. The molecular formula is C20H30. The summed E-state index contributed by atoms with van der Waals surface area (Å²) in [6.07, 6.45) is 2.82. The molecule has 0 aliphatic heterocycles. The third-order valence-electron chi connectivity index (χ3n) is 5.70. The van der Waals surface area contributed by atoms with E-state index in [1.54, 1.807) is 22.3 Å². The average Bonchev–Trinajstić information content (AvgIpc) is 2.79. The number of rotatable bonds is 0. The molecule has 0 heteroatoms. The molecule has 0 saturated heterocycles. The van der Waals surface area contributed by atoms with Gasteiger partial charge in [-0.1, -0.05) is 60.6 Å². The molecule has 2 bridgehead atoms. The first kappa shape index (κ1) is 14.2. The standard InChI is InChI=1S/C20H30/c1-12-13-8-9-14(12)18-16(20(5,6)7)11-10-15(17(13)18)19(2,3)4/h10-14H,8-9H2,1-7H3. The lowest BCUT2D eigenvalue weighted by atomic mass is 9.72. The average molecular weight is 270 g/mol. The van der Waals surface area contributed by atoms with E-state index in [9.17, 15) is 0 Å². The Morgan fingerprint density at radius 1 is 0.750 bits per heavy atom. The molecule has 2 unspecified atom stereocenters. The molecular weight excluding hydrogens is 240 g/mol. The van der Waals surface area contributed by atoms with Crippen LogP contribution in [0.2, 0.25) is 0 Å². The van der Waals surface area contributed by atoms with Gasteiger partial charge in [0.2, 0.25) is 0 Å². The van der Waals surface area contributed by atoms with E-state index in [2.05, 4.69) is 60.6 Å². The summed E-state index contributed by atoms with van der Waals surface area (Å²) < 4.78 is 0. The highest BCUT2D eigenvalue weighted by Gasteiger charge is 2.47. The Morgan fingerprint density at radius 3 is 1.40 bits per heavy atom. The van der Waals surface area contributed by atoms with Gasteiger partial charge in [0.1, 0.15) is 0 Å². The lowest BCUT2D eigenvalue weighted by Gasteiger charge is -2.32. The van der Waals surface area contributed by atoms with Crippen LogP contribution in [0.15, 0.2) is 12.1 Å². The monoisotopic (exact) mass is 270 g/mol. The second-order valence-corrected chi connectivity index (χ2v) is 9.14. The first-order valence-corrected chi connectivity index (χ1v) is 8.30. The fourth-order valence-electron chi connectivity index (χ4n) is 4.72. The number of benzene rings is 1. The van der Waals surface area contributed by atoms with Crippen LogP contribution in [0.3, 0.4) is 0 Å². The molecule has 1 fully saturated rings. The Hall–Kier alpha value is -0.780. The van der Waals surface area contributed by atoms with E-state index in [-0.39, 0.29) is 10.8 Å². The molecule has 0 N–H and O–H groups in total. The number of fused-ring (bicyclic) bond motifs is 5. The Labute approximate surface area is 125 Å². The van der Waals surface area contributed by atoms with Crippen molar-refractivity contribution in [2.24, 2.45) is 5.92 Å². The zero-order valence-corrected chi connectivity index (χ0v) is 14.3. The SMILES string of the molecule is CC1C2CCC1c1c(C(C)(C)C)ccc(C(C)(C)C)c12. The molecule has 0 spiro atoms. The maximum absolute atomic E-state index is 2.49. The van der Waals surface area contributed by atoms with Gasteiger partial charge < -0.3 is 0 Å². The molecule has 0 amide bonds.